The number of nitrogens with zero attached hydrogens (tertiary/aromatic N) is 2. The number of hydrogen-bond acceptors (Lipinski definition) is 8. The second-order valence-corrected chi connectivity index (χ2v) is 9.00. The Morgan fingerprint density at radius 2 is 1.18 bits per heavy atom. The molecule has 5 unspecified atom stereocenters. The molecule has 0 bridgehead atoms. The summed E-state index contributed by atoms with van der Waals surface area (Å²) in [5.74, 6) is -5.11. The van der Waals surface area contributed by atoms with E-state index in [-0.39, 0.29) is 56.6 Å². The Bertz CT molecular complexity index is 903. The van der Waals surface area contributed by atoms with Crippen LogP contribution in [0, 0.1) is 5.92 Å². The van der Waals surface area contributed by atoms with E-state index in [0.717, 1.165) is 0 Å². The number of carbonyl (C=O) groups excluding carboxylic acids is 4. The maximum Gasteiger partial charge on any atom is 0.326 e. The molecule has 0 heterocycles. The lowest BCUT2D eigenvalue weighted by atomic mass is 9.99. The SMILES string of the molecule is CCC(C)C(N)C(=O)NC(CC(N)=O)C(=O)NC(CCCN=C(N)N)C(=O)NC(CCCN=C(N)N)C(=O)O. The summed E-state index contributed by atoms with van der Waals surface area (Å²) in [6.45, 7) is 3.85. The van der Waals surface area contributed by atoms with Crippen molar-refractivity contribution in [3.05, 3.63) is 0 Å². The van der Waals surface area contributed by atoms with Gasteiger partial charge in [-0.3, -0.25) is 29.2 Å². The van der Waals surface area contributed by atoms with Gasteiger partial charge in [-0.05, 0) is 31.6 Å². The van der Waals surface area contributed by atoms with Gasteiger partial charge in [-0.1, -0.05) is 20.3 Å². The Balaban J connectivity index is 5.69. The molecule has 222 valence electrons. The van der Waals surface area contributed by atoms with Gasteiger partial charge in [0.05, 0.1) is 12.5 Å². The Morgan fingerprint density at radius 1 is 0.744 bits per heavy atom. The minimum atomic E-state index is -1.42. The maximum atomic E-state index is 13.0. The second-order valence-electron chi connectivity index (χ2n) is 9.00. The third-order valence-electron chi connectivity index (χ3n) is 5.74. The van der Waals surface area contributed by atoms with Gasteiger partial charge in [0.15, 0.2) is 11.9 Å². The van der Waals surface area contributed by atoms with Gasteiger partial charge in [-0.15, -0.1) is 0 Å². The lowest BCUT2D eigenvalue weighted by Gasteiger charge is -2.25. The molecular formula is C22H43N11O6. The van der Waals surface area contributed by atoms with Crippen LogP contribution in [0.2, 0.25) is 0 Å². The summed E-state index contributed by atoms with van der Waals surface area (Å²) in [6.07, 6.45) is 0.508. The van der Waals surface area contributed by atoms with Crippen LogP contribution in [0.3, 0.4) is 0 Å². The van der Waals surface area contributed by atoms with Crippen molar-refractivity contribution < 1.29 is 29.1 Å². The molecule has 0 aliphatic carbocycles. The van der Waals surface area contributed by atoms with Gasteiger partial charge >= 0.3 is 5.97 Å². The predicted octanol–water partition coefficient (Wildman–Crippen LogP) is -4.12. The molecule has 0 rings (SSSR count). The van der Waals surface area contributed by atoms with Crippen LogP contribution in [0.5, 0.6) is 0 Å². The molecule has 17 nitrogen and oxygen atoms in total. The van der Waals surface area contributed by atoms with Crippen molar-refractivity contribution in [1.29, 1.82) is 0 Å². The van der Waals surface area contributed by atoms with E-state index in [2.05, 4.69) is 25.9 Å². The molecule has 16 N–H and O–H groups in total. The summed E-state index contributed by atoms with van der Waals surface area (Å²) < 4.78 is 0. The van der Waals surface area contributed by atoms with Crippen LogP contribution >= 0.6 is 0 Å². The van der Waals surface area contributed by atoms with E-state index in [1.807, 2.05) is 6.92 Å². The highest BCUT2D eigenvalue weighted by molar-refractivity contribution is 5.96. The number of nitrogens with one attached hydrogen (secondary N) is 3. The first-order valence-corrected chi connectivity index (χ1v) is 12.5. The molecule has 5 atom stereocenters. The Labute approximate surface area is 226 Å². The number of amides is 4. The van der Waals surface area contributed by atoms with Crippen molar-refractivity contribution in [3.8, 4) is 0 Å². The zero-order valence-electron chi connectivity index (χ0n) is 22.4. The van der Waals surface area contributed by atoms with E-state index in [4.69, 9.17) is 34.4 Å². The fraction of sp³-hybridized carbons (Fsp3) is 0.682. The van der Waals surface area contributed by atoms with Crippen LogP contribution in [0.25, 0.3) is 0 Å². The number of carboxylic acids is 1. The van der Waals surface area contributed by atoms with Crippen LogP contribution in [-0.4, -0.2) is 83.9 Å². The van der Waals surface area contributed by atoms with Crippen molar-refractivity contribution in [3.63, 3.8) is 0 Å². The Morgan fingerprint density at radius 3 is 1.62 bits per heavy atom. The monoisotopic (exact) mass is 557 g/mol. The number of nitrogens with two attached hydrogens (primary N) is 6. The topological polar surface area (TPSA) is 323 Å². The van der Waals surface area contributed by atoms with E-state index < -0.39 is 60.2 Å². The van der Waals surface area contributed by atoms with Gasteiger partial charge in [0, 0.05) is 13.1 Å². The summed E-state index contributed by atoms with van der Waals surface area (Å²) in [5, 5.41) is 16.8. The van der Waals surface area contributed by atoms with Gasteiger partial charge in [0.2, 0.25) is 23.6 Å². The van der Waals surface area contributed by atoms with E-state index in [1.165, 1.54) is 0 Å². The molecule has 0 aliphatic heterocycles. The zero-order valence-corrected chi connectivity index (χ0v) is 22.4. The van der Waals surface area contributed by atoms with E-state index in [0.29, 0.717) is 6.42 Å². The molecule has 0 saturated carbocycles. The highest BCUT2D eigenvalue weighted by Crippen LogP contribution is 2.08. The lowest BCUT2D eigenvalue weighted by molar-refractivity contribution is -0.142. The summed E-state index contributed by atoms with van der Waals surface area (Å²) in [6, 6.07) is -4.94. The number of carboxylic acid groups (broad SMARTS) is 1. The third kappa shape index (κ3) is 15.0. The normalized spacial score (nSPS) is 14.4. The van der Waals surface area contributed by atoms with Gasteiger partial charge in [-0.25, -0.2) is 4.79 Å². The molecule has 0 aromatic carbocycles. The van der Waals surface area contributed by atoms with Crippen molar-refractivity contribution in [2.24, 2.45) is 50.3 Å². The van der Waals surface area contributed by atoms with Crippen LogP contribution in [-0.2, 0) is 24.0 Å². The Kier molecular flexibility index (Phi) is 16.2. The number of primary amides is 1. The van der Waals surface area contributed by atoms with E-state index in [1.54, 1.807) is 6.92 Å². The minimum Gasteiger partial charge on any atom is -0.480 e. The quantitative estimate of drug-likeness (QED) is 0.0413. The molecule has 0 aromatic rings. The molecular weight excluding hydrogens is 514 g/mol. The molecule has 17 heteroatoms. The van der Waals surface area contributed by atoms with Crippen molar-refractivity contribution >= 4 is 41.5 Å². The van der Waals surface area contributed by atoms with Crippen LogP contribution in [0.15, 0.2) is 9.98 Å². The highest BCUT2D eigenvalue weighted by Gasteiger charge is 2.31. The average Bonchev–Trinajstić information content (AvgIpc) is 2.85. The van der Waals surface area contributed by atoms with Crippen LogP contribution in [0.4, 0.5) is 0 Å². The van der Waals surface area contributed by atoms with Crippen molar-refractivity contribution in [2.45, 2.75) is 76.5 Å². The molecule has 0 saturated heterocycles. The predicted molar refractivity (Wildman–Crippen MR) is 144 cm³/mol. The minimum absolute atomic E-state index is 0.000376. The van der Waals surface area contributed by atoms with Crippen LogP contribution < -0.4 is 50.4 Å². The Hall–Kier alpha value is -4.15. The molecule has 4 amide bonds. The first-order chi connectivity index (χ1) is 18.2. The smallest absolute Gasteiger partial charge is 0.326 e. The molecule has 0 fully saturated rings. The van der Waals surface area contributed by atoms with E-state index >= 15 is 0 Å². The fourth-order valence-electron chi connectivity index (χ4n) is 3.27. The third-order valence-corrected chi connectivity index (χ3v) is 5.74. The molecule has 0 aromatic heterocycles. The van der Waals surface area contributed by atoms with E-state index in [9.17, 15) is 29.1 Å². The highest BCUT2D eigenvalue weighted by atomic mass is 16.4. The molecule has 0 spiro atoms. The second kappa shape index (κ2) is 18.2. The largest absolute Gasteiger partial charge is 0.480 e. The lowest BCUT2D eigenvalue weighted by Crippen LogP contribution is -2.58. The maximum absolute atomic E-state index is 13.0. The van der Waals surface area contributed by atoms with Crippen molar-refractivity contribution in [1.82, 2.24) is 16.0 Å². The summed E-state index contributed by atoms with van der Waals surface area (Å²) in [4.78, 5) is 69.5. The fourth-order valence-corrected chi connectivity index (χ4v) is 3.27. The number of aliphatic imine (C=N–C) groups is 2. The first-order valence-electron chi connectivity index (χ1n) is 12.5. The van der Waals surface area contributed by atoms with Gasteiger partial charge < -0.3 is 55.5 Å². The number of aliphatic carboxylic acids is 1. The summed E-state index contributed by atoms with van der Waals surface area (Å²) in [7, 11) is 0. The van der Waals surface area contributed by atoms with Gasteiger partial charge in [-0.2, -0.15) is 0 Å². The summed E-state index contributed by atoms with van der Waals surface area (Å²) >= 11 is 0. The number of guanidine groups is 2. The summed E-state index contributed by atoms with van der Waals surface area (Å²) in [5.41, 5.74) is 32.3. The van der Waals surface area contributed by atoms with Gasteiger partial charge in [0.1, 0.15) is 18.1 Å². The van der Waals surface area contributed by atoms with Crippen LogP contribution in [0.1, 0.15) is 52.4 Å². The molecule has 0 radical (unpaired) electrons. The first kappa shape index (κ1) is 34.9. The average molecular weight is 558 g/mol. The molecule has 0 aliphatic rings. The standard InChI is InChI=1S/C22H43N11O6/c1-3-11(2)16(24)19(37)33-14(10-15(23)34)18(36)31-12(6-4-8-29-21(25)26)17(35)32-13(20(38)39)7-5-9-30-22(27)28/h11-14,16H,3-10,24H2,1-2H3,(H2,23,34)(H,31,36)(H,32,35)(H,33,37)(H,38,39)(H4,25,26,29)(H4,27,28,30). The number of hydrogen-bond donors (Lipinski definition) is 10. The molecule has 39 heavy (non-hydrogen) atoms. The van der Waals surface area contributed by atoms with Crippen molar-refractivity contribution in [2.75, 3.05) is 13.1 Å². The van der Waals surface area contributed by atoms with Gasteiger partial charge in [0.25, 0.3) is 0 Å². The number of rotatable bonds is 19. The zero-order chi connectivity index (χ0) is 30.1. The number of carbonyl (C=O) groups is 5.